The summed E-state index contributed by atoms with van der Waals surface area (Å²) >= 11 is 7.49. The Morgan fingerprint density at radius 3 is 2.94 bits per heavy atom. The Kier molecular flexibility index (Phi) is 3.02. The molecule has 0 saturated carbocycles. The molecule has 1 heterocycles. The van der Waals surface area contributed by atoms with Crippen molar-refractivity contribution in [3.8, 4) is 0 Å². The Labute approximate surface area is 108 Å². The monoisotopic (exact) mass is 354 g/mol. The van der Waals surface area contributed by atoms with E-state index in [2.05, 4.69) is 5.10 Å². The van der Waals surface area contributed by atoms with Crippen molar-refractivity contribution in [1.82, 2.24) is 9.78 Å². The van der Waals surface area contributed by atoms with Crippen LogP contribution in [0.15, 0.2) is 12.1 Å². The number of hydrogen-bond acceptors (Lipinski definition) is 2. The van der Waals surface area contributed by atoms with E-state index in [0.717, 1.165) is 0 Å². The predicted octanol–water partition coefficient (Wildman–Crippen LogP) is 2.52. The Morgan fingerprint density at radius 1 is 1.62 bits per heavy atom. The van der Waals surface area contributed by atoms with Gasteiger partial charge in [-0.15, -0.1) is 0 Å². The summed E-state index contributed by atoms with van der Waals surface area (Å²) in [7, 11) is 0. The van der Waals surface area contributed by atoms with E-state index in [0.29, 0.717) is 9.22 Å². The zero-order chi connectivity index (χ0) is 11.9. The van der Waals surface area contributed by atoms with Crippen LogP contribution in [0.4, 0.5) is 4.39 Å². The normalized spacial score (nSPS) is 10.9. The lowest BCUT2D eigenvalue weighted by Crippen LogP contribution is -2.09. The fourth-order valence-corrected chi connectivity index (χ4v) is 2.34. The number of carboxylic acid groups (broad SMARTS) is 1. The number of fused-ring (bicyclic) bond motifs is 1. The van der Waals surface area contributed by atoms with Gasteiger partial charge in [0.1, 0.15) is 10.2 Å². The maximum Gasteiger partial charge on any atom is 0.325 e. The maximum absolute atomic E-state index is 13.7. The molecule has 4 nitrogen and oxygen atoms in total. The minimum absolute atomic E-state index is 0.000269. The average Bonchev–Trinajstić information content (AvgIpc) is 2.49. The number of hydrogen-bond donors (Lipinski definition) is 1. The van der Waals surface area contributed by atoms with Crippen LogP contribution in [-0.2, 0) is 11.3 Å². The van der Waals surface area contributed by atoms with Crippen molar-refractivity contribution in [3.05, 3.63) is 26.7 Å². The van der Waals surface area contributed by atoms with Crippen molar-refractivity contribution in [2.24, 2.45) is 0 Å². The summed E-state index contributed by atoms with van der Waals surface area (Å²) in [6, 6.07) is 2.94. The molecule has 1 N–H and O–H groups in total. The third-order valence-corrected chi connectivity index (χ3v) is 3.10. The van der Waals surface area contributed by atoms with E-state index in [1.807, 2.05) is 22.6 Å². The molecule has 0 bridgehead atoms. The number of carboxylic acids is 1. The Morgan fingerprint density at radius 2 is 2.31 bits per heavy atom. The Hall–Kier alpha value is -0.890. The van der Waals surface area contributed by atoms with Crippen LogP contribution < -0.4 is 0 Å². The standard InChI is InChI=1S/C9H5ClFIN2O2/c10-4-1-2-5-7(8(4)11)9(12)13-14(5)3-6(15)16/h1-2H,3H2,(H,15,16). The fraction of sp³-hybridized carbons (Fsp3) is 0.111. The molecule has 2 aromatic rings. The second kappa shape index (κ2) is 4.17. The number of rotatable bonds is 2. The molecule has 2 rings (SSSR count). The minimum atomic E-state index is -1.03. The zero-order valence-electron chi connectivity index (χ0n) is 7.75. The van der Waals surface area contributed by atoms with E-state index in [9.17, 15) is 9.18 Å². The van der Waals surface area contributed by atoms with Crippen LogP contribution in [0.3, 0.4) is 0 Å². The number of carbonyl (C=O) groups is 1. The highest BCUT2D eigenvalue weighted by atomic mass is 127. The topological polar surface area (TPSA) is 55.1 Å². The number of aliphatic carboxylic acids is 1. The molecular formula is C9H5ClFIN2O2. The molecule has 0 aliphatic rings. The third kappa shape index (κ3) is 1.86. The van der Waals surface area contributed by atoms with Crippen LogP contribution in [0.1, 0.15) is 0 Å². The highest BCUT2D eigenvalue weighted by molar-refractivity contribution is 14.1. The molecule has 0 spiro atoms. The highest BCUT2D eigenvalue weighted by Gasteiger charge is 2.16. The summed E-state index contributed by atoms with van der Waals surface area (Å²) in [6.45, 7) is -0.305. The first-order chi connectivity index (χ1) is 7.50. The van der Waals surface area contributed by atoms with E-state index < -0.39 is 11.8 Å². The van der Waals surface area contributed by atoms with Gasteiger partial charge >= 0.3 is 5.97 Å². The van der Waals surface area contributed by atoms with Gasteiger partial charge in [0.2, 0.25) is 0 Å². The molecule has 0 amide bonds. The van der Waals surface area contributed by atoms with Crippen molar-refractivity contribution < 1.29 is 14.3 Å². The smallest absolute Gasteiger partial charge is 0.325 e. The first-order valence-electron chi connectivity index (χ1n) is 4.22. The molecule has 0 aliphatic carbocycles. The molecule has 7 heteroatoms. The van der Waals surface area contributed by atoms with E-state index in [4.69, 9.17) is 16.7 Å². The molecule has 0 radical (unpaired) electrons. The summed E-state index contributed by atoms with van der Waals surface area (Å²) in [5.74, 6) is -1.60. The largest absolute Gasteiger partial charge is 0.480 e. The van der Waals surface area contributed by atoms with Crippen LogP contribution in [0.25, 0.3) is 10.9 Å². The van der Waals surface area contributed by atoms with Gasteiger partial charge in [0.15, 0.2) is 5.82 Å². The van der Waals surface area contributed by atoms with E-state index in [-0.39, 0.29) is 17.0 Å². The first-order valence-corrected chi connectivity index (χ1v) is 5.68. The van der Waals surface area contributed by atoms with Gasteiger partial charge in [0, 0.05) is 0 Å². The van der Waals surface area contributed by atoms with Crippen LogP contribution in [-0.4, -0.2) is 20.9 Å². The lowest BCUT2D eigenvalue weighted by atomic mass is 10.2. The zero-order valence-corrected chi connectivity index (χ0v) is 10.7. The second-order valence-electron chi connectivity index (χ2n) is 3.10. The predicted molar refractivity (Wildman–Crippen MR) is 65.1 cm³/mol. The van der Waals surface area contributed by atoms with Gasteiger partial charge in [-0.1, -0.05) is 11.6 Å². The first kappa shape index (κ1) is 11.6. The molecular weight excluding hydrogens is 349 g/mol. The van der Waals surface area contributed by atoms with Gasteiger partial charge in [0.25, 0.3) is 0 Å². The van der Waals surface area contributed by atoms with Crippen LogP contribution in [0.5, 0.6) is 0 Å². The lowest BCUT2D eigenvalue weighted by molar-refractivity contribution is -0.137. The number of benzene rings is 1. The van der Waals surface area contributed by atoms with Gasteiger partial charge in [-0.05, 0) is 34.7 Å². The second-order valence-corrected chi connectivity index (χ2v) is 4.53. The van der Waals surface area contributed by atoms with Crippen molar-refractivity contribution in [3.63, 3.8) is 0 Å². The minimum Gasteiger partial charge on any atom is -0.480 e. The number of aromatic nitrogens is 2. The van der Waals surface area contributed by atoms with Crippen molar-refractivity contribution in [2.75, 3.05) is 0 Å². The summed E-state index contributed by atoms with van der Waals surface area (Å²) in [4.78, 5) is 10.6. The van der Waals surface area contributed by atoms with Gasteiger partial charge in [-0.2, -0.15) is 5.10 Å². The van der Waals surface area contributed by atoms with Crippen molar-refractivity contribution >= 4 is 51.1 Å². The molecule has 0 unspecified atom stereocenters. The van der Waals surface area contributed by atoms with Crippen molar-refractivity contribution in [2.45, 2.75) is 6.54 Å². The van der Waals surface area contributed by atoms with Crippen LogP contribution in [0, 0.1) is 9.52 Å². The van der Waals surface area contributed by atoms with Gasteiger partial charge in [0.05, 0.1) is 15.9 Å². The third-order valence-electron chi connectivity index (χ3n) is 2.05. The van der Waals surface area contributed by atoms with Gasteiger partial charge in [-0.3, -0.25) is 9.48 Å². The van der Waals surface area contributed by atoms with Crippen LogP contribution >= 0.6 is 34.2 Å². The average molecular weight is 355 g/mol. The summed E-state index contributed by atoms with van der Waals surface area (Å²) in [6.07, 6.45) is 0. The summed E-state index contributed by atoms with van der Waals surface area (Å²) < 4.78 is 15.3. The SMILES string of the molecule is O=C(O)Cn1nc(I)c2c(F)c(Cl)ccc21. The molecule has 0 atom stereocenters. The van der Waals surface area contributed by atoms with Gasteiger partial charge in [-0.25, -0.2) is 4.39 Å². The number of nitrogens with zero attached hydrogens (tertiary/aromatic N) is 2. The van der Waals surface area contributed by atoms with Crippen LogP contribution in [0.2, 0.25) is 5.02 Å². The van der Waals surface area contributed by atoms with Gasteiger partial charge < -0.3 is 5.11 Å². The maximum atomic E-state index is 13.7. The van der Waals surface area contributed by atoms with E-state index >= 15 is 0 Å². The summed E-state index contributed by atoms with van der Waals surface area (Å²) in [5.41, 5.74) is 0.425. The molecule has 84 valence electrons. The summed E-state index contributed by atoms with van der Waals surface area (Å²) in [5, 5.41) is 12.9. The molecule has 0 fully saturated rings. The molecule has 0 aliphatic heterocycles. The number of halogens is 3. The highest BCUT2D eigenvalue weighted by Crippen LogP contribution is 2.28. The molecule has 16 heavy (non-hydrogen) atoms. The van der Waals surface area contributed by atoms with E-state index in [1.165, 1.54) is 10.7 Å². The lowest BCUT2D eigenvalue weighted by Gasteiger charge is -1.99. The Balaban J connectivity index is 2.72. The van der Waals surface area contributed by atoms with E-state index in [1.54, 1.807) is 6.07 Å². The molecule has 0 saturated heterocycles. The molecule has 1 aromatic heterocycles. The fourth-order valence-electron chi connectivity index (χ4n) is 1.41. The quantitative estimate of drug-likeness (QED) is 0.843. The van der Waals surface area contributed by atoms with Crippen molar-refractivity contribution in [1.29, 1.82) is 0 Å². The Bertz CT molecular complexity index is 584. The molecule has 1 aromatic carbocycles.